The van der Waals surface area contributed by atoms with Gasteiger partial charge >= 0.3 is 5.97 Å². The average molecular weight is 719 g/mol. The zero-order valence-electron chi connectivity index (χ0n) is 35.5. The molecule has 0 rings (SSSR count). The maximum Gasteiger partial charge on any atom is 0.302 e. The predicted molar refractivity (Wildman–Crippen MR) is 226 cm³/mol. The van der Waals surface area contributed by atoms with Crippen molar-refractivity contribution in [3.63, 3.8) is 0 Å². The summed E-state index contributed by atoms with van der Waals surface area (Å²) in [5.41, 5.74) is 0. The molecule has 3 heteroatoms. The van der Waals surface area contributed by atoms with Crippen LogP contribution in [-0.2, 0) is 14.3 Å². The molecule has 0 saturated carbocycles. The summed E-state index contributed by atoms with van der Waals surface area (Å²) in [4.78, 5) is 24.1. The fourth-order valence-corrected chi connectivity index (χ4v) is 7.82. The van der Waals surface area contributed by atoms with Gasteiger partial charge in [-0.3, -0.25) is 9.59 Å². The molecule has 1 unspecified atom stereocenters. The molecule has 51 heavy (non-hydrogen) atoms. The number of Topliss-reactive ketones (excluding diaryl/α,β-unsaturated/α-hetero) is 1. The zero-order chi connectivity index (χ0) is 37.1. The molecule has 0 fully saturated rings. The summed E-state index contributed by atoms with van der Waals surface area (Å²) in [6, 6.07) is 0. The molecule has 0 aliphatic carbocycles. The fraction of sp³-hybridized carbons (Fsp3) is 0.958. The molecule has 0 aliphatic heterocycles. The second-order valence-corrected chi connectivity index (χ2v) is 16.6. The normalized spacial score (nSPS) is 12.1. The van der Waals surface area contributed by atoms with Gasteiger partial charge < -0.3 is 4.74 Å². The third kappa shape index (κ3) is 43.4. The van der Waals surface area contributed by atoms with Gasteiger partial charge in [-0.15, -0.1) is 0 Å². The highest BCUT2D eigenvalue weighted by atomic mass is 16.5. The third-order valence-electron chi connectivity index (χ3n) is 11.3. The summed E-state index contributed by atoms with van der Waals surface area (Å²) in [5, 5.41) is 0. The minimum absolute atomic E-state index is 0.00815. The van der Waals surface area contributed by atoms with Crippen LogP contribution in [0.2, 0.25) is 0 Å². The molecule has 0 aromatic rings. The standard InChI is InChI=1S/C48H94O3/c1-4-6-8-10-12-14-16-18-20-22-24-26-28-30-32-34-36-38-40-44-48(51-46(3)49)45-41-43-47(50)42-39-37-35-33-31-29-27-25-23-21-19-17-15-13-11-9-7-5-2/h48H,4-45H2,1-3H3. The van der Waals surface area contributed by atoms with Crippen LogP contribution in [-0.4, -0.2) is 17.9 Å². The van der Waals surface area contributed by atoms with Gasteiger partial charge in [0.2, 0.25) is 0 Å². The van der Waals surface area contributed by atoms with Crippen molar-refractivity contribution < 1.29 is 14.3 Å². The molecule has 0 amide bonds. The van der Waals surface area contributed by atoms with E-state index in [1.165, 1.54) is 232 Å². The molecule has 0 radical (unpaired) electrons. The molecular formula is C48H94O3. The first kappa shape index (κ1) is 50.1. The van der Waals surface area contributed by atoms with Crippen LogP contribution < -0.4 is 0 Å². The van der Waals surface area contributed by atoms with E-state index < -0.39 is 0 Å². The van der Waals surface area contributed by atoms with Gasteiger partial charge in [0, 0.05) is 19.8 Å². The summed E-state index contributed by atoms with van der Waals surface area (Å²) in [5.74, 6) is 0.222. The zero-order valence-corrected chi connectivity index (χ0v) is 35.5. The lowest BCUT2D eigenvalue weighted by molar-refractivity contribution is -0.147. The van der Waals surface area contributed by atoms with Crippen molar-refractivity contribution in [2.75, 3.05) is 0 Å². The van der Waals surface area contributed by atoms with E-state index in [1.807, 2.05) is 0 Å². The van der Waals surface area contributed by atoms with Crippen LogP contribution in [0.3, 0.4) is 0 Å². The van der Waals surface area contributed by atoms with E-state index in [1.54, 1.807) is 0 Å². The molecule has 0 aromatic heterocycles. The summed E-state index contributed by atoms with van der Waals surface area (Å²) >= 11 is 0. The van der Waals surface area contributed by atoms with Crippen molar-refractivity contribution in [2.24, 2.45) is 0 Å². The van der Waals surface area contributed by atoms with Gasteiger partial charge in [0.05, 0.1) is 0 Å². The molecular weight excluding hydrogens is 625 g/mol. The average Bonchev–Trinajstić information content (AvgIpc) is 3.11. The van der Waals surface area contributed by atoms with Crippen LogP contribution in [0, 0.1) is 0 Å². The van der Waals surface area contributed by atoms with Gasteiger partial charge in [0.1, 0.15) is 11.9 Å². The number of unbranched alkanes of at least 4 members (excludes halogenated alkanes) is 35. The number of carbonyl (C=O) groups excluding carboxylic acids is 2. The van der Waals surface area contributed by atoms with E-state index >= 15 is 0 Å². The highest BCUT2D eigenvalue weighted by Gasteiger charge is 2.13. The van der Waals surface area contributed by atoms with Crippen molar-refractivity contribution in [3.8, 4) is 0 Å². The SMILES string of the molecule is CCCCCCCCCCCCCCCCCCCCCC(CCCC(=O)CCCCCCCCCCCCCCCCCCCC)OC(C)=O. The van der Waals surface area contributed by atoms with Gasteiger partial charge in [0.25, 0.3) is 0 Å². The van der Waals surface area contributed by atoms with Crippen LogP contribution in [0.1, 0.15) is 290 Å². The Balaban J connectivity index is 3.52. The molecule has 0 aliphatic rings. The first-order chi connectivity index (χ1) is 25.1. The molecule has 1 atom stereocenters. The van der Waals surface area contributed by atoms with Crippen molar-refractivity contribution >= 4 is 11.8 Å². The van der Waals surface area contributed by atoms with E-state index in [0.29, 0.717) is 12.2 Å². The second-order valence-electron chi connectivity index (χ2n) is 16.6. The number of hydrogen-bond acceptors (Lipinski definition) is 3. The number of ether oxygens (including phenoxy) is 1. The first-order valence-electron chi connectivity index (χ1n) is 23.8. The molecule has 0 bridgehead atoms. The van der Waals surface area contributed by atoms with Crippen LogP contribution in [0.25, 0.3) is 0 Å². The lowest BCUT2D eigenvalue weighted by atomic mass is 10.00. The summed E-state index contributed by atoms with van der Waals surface area (Å²) in [7, 11) is 0. The van der Waals surface area contributed by atoms with E-state index in [-0.39, 0.29) is 12.1 Å². The third-order valence-corrected chi connectivity index (χ3v) is 11.3. The summed E-state index contributed by atoms with van der Waals surface area (Å²) < 4.78 is 5.62. The number of ketones is 1. The van der Waals surface area contributed by atoms with Crippen molar-refractivity contribution in [1.82, 2.24) is 0 Å². The molecule has 0 aromatic carbocycles. The molecule has 304 valence electrons. The van der Waals surface area contributed by atoms with Crippen LogP contribution in [0.15, 0.2) is 0 Å². The molecule has 0 N–H and O–H groups in total. The highest BCUT2D eigenvalue weighted by molar-refractivity contribution is 5.78. The van der Waals surface area contributed by atoms with E-state index in [4.69, 9.17) is 4.74 Å². The largest absolute Gasteiger partial charge is 0.463 e. The number of esters is 1. The molecule has 0 spiro atoms. The Labute approximate surface area is 321 Å². The molecule has 3 nitrogen and oxygen atoms in total. The van der Waals surface area contributed by atoms with Gasteiger partial charge in [-0.1, -0.05) is 239 Å². The maximum absolute atomic E-state index is 12.5. The van der Waals surface area contributed by atoms with E-state index in [0.717, 1.165) is 38.5 Å². The lowest BCUT2D eigenvalue weighted by Gasteiger charge is -2.17. The number of hydrogen-bond donors (Lipinski definition) is 0. The number of rotatable bonds is 44. The van der Waals surface area contributed by atoms with E-state index in [9.17, 15) is 9.59 Å². The topological polar surface area (TPSA) is 43.4 Å². The van der Waals surface area contributed by atoms with Crippen molar-refractivity contribution in [1.29, 1.82) is 0 Å². The Morgan fingerprint density at radius 2 is 0.569 bits per heavy atom. The Morgan fingerprint density at radius 3 is 0.863 bits per heavy atom. The van der Waals surface area contributed by atoms with Gasteiger partial charge in [0.15, 0.2) is 0 Å². The fourth-order valence-electron chi connectivity index (χ4n) is 7.82. The van der Waals surface area contributed by atoms with Crippen molar-refractivity contribution in [2.45, 2.75) is 297 Å². The minimum atomic E-state index is -0.178. The maximum atomic E-state index is 12.5. The highest BCUT2D eigenvalue weighted by Crippen LogP contribution is 2.19. The first-order valence-corrected chi connectivity index (χ1v) is 23.8. The Hall–Kier alpha value is -0.860. The van der Waals surface area contributed by atoms with Crippen LogP contribution in [0.4, 0.5) is 0 Å². The summed E-state index contributed by atoms with van der Waals surface area (Å²) in [6.07, 6.45) is 55.1. The monoisotopic (exact) mass is 719 g/mol. The minimum Gasteiger partial charge on any atom is -0.463 e. The van der Waals surface area contributed by atoms with Crippen molar-refractivity contribution in [3.05, 3.63) is 0 Å². The Bertz CT molecular complexity index is 688. The summed E-state index contributed by atoms with van der Waals surface area (Å²) in [6.45, 7) is 6.11. The predicted octanol–water partition coefficient (Wildman–Crippen LogP) is 16.9. The Morgan fingerprint density at radius 1 is 0.333 bits per heavy atom. The van der Waals surface area contributed by atoms with Crippen LogP contribution in [0.5, 0.6) is 0 Å². The smallest absolute Gasteiger partial charge is 0.302 e. The van der Waals surface area contributed by atoms with Crippen LogP contribution >= 0.6 is 0 Å². The van der Waals surface area contributed by atoms with Gasteiger partial charge in [-0.25, -0.2) is 0 Å². The second kappa shape index (κ2) is 43.5. The quantitative estimate of drug-likeness (QED) is 0.0465. The Kier molecular flexibility index (Phi) is 42.8. The van der Waals surface area contributed by atoms with Gasteiger partial charge in [-0.05, 0) is 32.1 Å². The lowest BCUT2D eigenvalue weighted by Crippen LogP contribution is -2.16. The number of carbonyl (C=O) groups is 2. The molecule has 0 heterocycles. The van der Waals surface area contributed by atoms with E-state index in [2.05, 4.69) is 13.8 Å². The van der Waals surface area contributed by atoms with Gasteiger partial charge in [-0.2, -0.15) is 0 Å². The molecule has 0 saturated heterocycles.